The van der Waals surface area contributed by atoms with Crippen molar-refractivity contribution < 1.29 is 8.78 Å². The smallest absolute Gasteiger partial charge is 0.160 e. The van der Waals surface area contributed by atoms with Gasteiger partial charge in [-0.05, 0) is 60.1 Å². The van der Waals surface area contributed by atoms with Crippen LogP contribution >= 0.6 is 0 Å². The van der Waals surface area contributed by atoms with Gasteiger partial charge in [0.25, 0.3) is 0 Å². The second kappa shape index (κ2) is 6.84. The summed E-state index contributed by atoms with van der Waals surface area (Å²) in [5, 5.41) is 0. The van der Waals surface area contributed by atoms with Crippen LogP contribution in [0, 0.1) is 11.6 Å². The van der Waals surface area contributed by atoms with Gasteiger partial charge in [0.1, 0.15) is 0 Å². The first-order chi connectivity index (χ1) is 12.6. The van der Waals surface area contributed by atoms with Crippen LogP contribution in [0.3, 0.4) is 0 Å². The van der Waals surface area contributed by atoms with Crippen molar-refractivity contribution in [2.24, 2.45) is 0 Å². The van der Waals surface area contributed by atoms with E-state index in [1.165, 1.54) is 12.1 Å². The van der Waals surface area contributed by atoms with Gasteiger partial charge >= 0.3 is 0 Å². The highest BCUT2D eigenvalue weighted by atomic mass is 19.2. The molecule has 0 radical (unpaired) electrons. The van der Waals surface area contributed by atoms with Gasteiger partial charge in [-0.1, -0.05) is 6.07 Å². The molecule has 1 aliphatic heterocycles. The Hall–Kier alpha value is -2.79. The summed E-state index contributed by atoms with van der Waals surface area (Å²) >= 11 is 0. The summed E-state index contributed by atoms with van der Waals surface area (Å²) in [6, 6.07) is 14.3. The highest BCUT2D eigenvalue weighted by molar-refractivity contribution is 5.73. The lowest BCUT2D eigenvalue weighted by atomic mass is 10.0. The summed E-state index contributed by atoms with van der Waals surface area (Å²) in [5.41, 5.74) is 5.07. The summed E-state index contributed by atoms with van der Waals surface area (Å²) in [6.45, 7) is 2.34. The maximum Gasteiger partial charge on any atom is 0.160 e. The molecule has 0 amide bonds. The molecule has 3 aromatic rings. The number of likely N-dealkylation sites (N-methyl/N-ethyl adjacent to an activating group) is 1. The molecule has 4 rings (SSSR count). The Morgan fingerprint density at radius 2 is 1.65 bits per heavy atom. The number of rotatable bonds is 2. The Balaban J connectivity index is 1.79. The zero-order valence-corrected chi connectivity index (χ0v) is 14.5. The molecule has 0 unspecified atom stereocenters. The Kier molecular flexibility index (Phi) is 4.39. The van der Waals surface area contributed by atoms with Crippen molar-refractivity contribution in [3.63, 3.8) is 0 Å². The Morgan fingerprint density at radius 3 is 2.42 bits per heavy atom. The molecule has 0 bridgehead atoms. The number of pyridine rings is 1. The third-order valence-electron chi connectivity index (χ3n) is 4.74. The molecule has 0 atom stereocenters. The minimum atomic E-state index is -0.825. The van der Waals surface area contributed by atoms with Crippen LogP contribution in [-0.4, -0.2) is 30.0 Å². The minimum absolute atomic E-state index is 0.664. The highest BCUT2D eigenvalue weighted by Gasteiger charge is 2.20. The molecule has 0 N–H and O–H groups in total. The lowest BCUT2D eigenvalue weighted by molar-refractivity contribution is 0.343. The monoisotopic (exact) mass is 351 g/mol. The molecule has 0 saturated heterocycles. The predicted molar refractivity (Wildman–Crippen MR) is 99.4 cm³/mol. The number of fused-ring (bicyclic) bond motifs is 1. The number of hydrogen-bond acceptors (Lipinski definition) is 3. The summed E-state index contributed by atoms with van der Waals surface area (Å²) in [4.78, 5) is 8.35. The number of hydrogen-bond donors (Lipinski definition) is 0. The second-order valence-corrected chi connectivity index (χ2v) is 6.57. The fourth-order valence-corrected chi connectivity index (χ4v) is 3.38. The lowest BCUT2D eigenvalue weighted by Crippen LogP contribution is -2.26. The van der Waals surface area contributed by atoms with Crippen LogP contribution in [0.4, 0.5) is 20.2 Å². The third-order valence-corrected chi connectivity index (χ3v) is 4.74. The van der Waals surface area contributed by atoms with Gasteiger partial charge in [-0.2, -0.15) is 0 Å². The zero-order chi connectivity index (χ0) is 18.1. The Labute approximate surface area is 151 Å². The topological polar surface area (TPSA) is 19.4 Å². The molecule has 132 valence electrons. The minimum Gasteiger partial charge on any atom is -0.340 e. The molecular formula is C21H19F2N3. The predicted octanol–water partition coefficient (Wildman–Crippen LogP) is 4.61. The first-order valence-corrected chi connectivity index (χ1v) is 8.56. The van der Waals surface area contributed by atoms with Gasteiger partial charge in [0.05, 0.1) is 0 Å². The maximum absolute atomic E-state index is 13.8. The van der Waals surface area contributed by atoms with Crippen molar-refractivity contribution >= 4 is 11.4 Å². The number of nitrogens with zero attached hydrogens (tertiary/aromatic N) is 3. The standard InChI is InChI=1S/C21H19F2N3/c1-25-10-11-26(18-3-4-19(22)20(23)13-18)21-5-2-16(12-17(21)14-25)15-6-8-24-9-7-15/h2-9,12-13H,10-11,14H2,1H3. The average Bonchev–Trinajstić information content (AvgIpc) is 2.82. The molecule has 26 heavy (non-hydrogen) atoms. The van der Waals surface area contributed by atoms with E-state index in [9.17, 15) is 8.78 Å². The van der Waals surface area contributed by atoms with E-state index >= 15 is 0 Å². The van der Waals surface area contributed by atoms with Gasteiger partial charge in [-0.25, -0.2) is 8.78 Å². The number of anilines is 2. The molecule has 0 spiro atoms. The van der Waals surface area contributed by atoms with E-state index in [0.29, 0.717) is 12.2 Å². The number of benzene rings is 2. The van der Waals surface area contributed by atoms with Gasteiger partial charge < -0.3 is 9.80 Å². The van der Waals surface area contributed by atoms with Gasteiger partial charge in [-0.3, -0.25) is 4.98 Å². The van der Waals surface area contributed by atoms with E-state index in [2.05, 4.69) is 40.0 Å². The number of halogens is 2. The van der Waals surface area contributed by atoms with Crippen LogP contribution in [-0.2, 0) is 6.54 Å². The summed E-state index contributed by atoms with van der Waals surface area (Å²) in [5.74, 6) is -1.65. The van der Waals surface area contributed by atoms with E-state index in [4.69, 9.17) is 0 Å². The lowest BCUT2D eigenvalue weighted by Gasteiger charge is -2.25. The highest BCUT2D eigenvalue weighted by Crippen LogP contribution is 2.34. The maximum atomic E-state index is 13.8. The van der Waals surface area contributed by atoms with Crippen molar-refractivity contribution in [1.29, 1.82) is 0 Å². The second-order valence-electron chi connectivity index (χ2n) is 6.57. The number of aromatic nitrogens is 1. The zero-order valence-electron chi connectivity index (χ0n) is 14.5. The van der Waals surface area contributed by atoms with Crippen molar-refractivity contribution in [2.45, 2.75) is 6.54 Å². The van der Waals surface area contributed by atoms with Crippen LogP contribution in [0.5, 0.6) is 0 Å². The summed E-state index contributed by atoms with van der Waals surface area (Å²) in [6.07, 6.45) is 3.56. The van der Waals surface area contributed by atoms with E-state index in [0.717, 1.165) is 35.5 Å². The van der Waals surface area contributed by atoms with Gasteiger partial charge in [0.15, 0.2) is 11.6 Å². The van der Waals surface area contributed by atoms with Gasteiger partial charge in [0.2, 0.25) is 0 Å². The van der Waals surface area contributed by atoms with Gasteiger partial charge in [-0.15, -0.1) is 0 Å². The normalized spacial score (nSPS) is 14.8. The van der Waals surface area contributed by atoms with E-state index in [1.54, 1.807) is 18.5 Å². The van der Waals surface area contributed by atoms with Crippen molar-refractivity contribution in [3.05, 3.63) is 78.1 Å². The summed E-state index contributed by atoms with van der Waals surface area (Å²) in [7, 11) is 2.07. The van der Waals surface area contributed by atoms with Crippen LogP contribution < -0.4 is 4.90 Å². The third kappa shape index (κ3) is 3.18. The van der Waals surface area contributed by atoms with E-state index in [-0.39, 0.29) is 0 Å². The Morgan fingerprint density at radius 1 is 0.846 bits per heavy atom. The van der Waals surface area contributed by atoms with Crippen LogP contribution in [0.25, 0.3) is 11.1 Å². The van der Waals surface area contributed by atoms with Gasteiger partial charge in [0, 0.05) is 49.5 Å². The van der Waals surface area contributed by atoms with Crippen LogP contribution in [0.1, 0.15) is 5.56 Å². The molecule has 2 heterocycles. The van der Waals surface area contributed by atoms with E-state index < -0.39 is 11.6 Å². The SMILES string of the molecule is CN1CCN(c2ccc(F)c(F)c2)c2ccc(-c3ccncc3)cc2C1. The van der Waals surface area contributed by atoms with Crippen molar-refractivity contribution in [1.82, 2.24) is 9.88 Å². The molecule has 0 aliphatic carbocycles. The largest absolute Gasteiger partial charge is 0.340 e. The molecular weight excluding hydrogens is 332 g/mol. The first kappa shape index (κ1) is 16.7. The molecule has 3 nitrogen and oxygen atoms in total. The van der Waals surface area contributed by atoms with Crippen LogP contribution in [0.15, 0.2) is 60.9 Å². The first-order valence-electron chi connectivity index (χ1n) is 8.56. The fraction of sp³-hybridized carbons (Fsp3) is 0.190. The molecule has 1 aliphatic rings. The quantitative estimate of drug-likeness (QED) is 0.672. The Bertz CT molecular complexity index is 928. The molecule has 0 saturated carbocycles. The molecule has 0 fully saturated rings. The van der Waals surface area contributed by atoms with Crippen LogP contribution in [0.2, 0.25) is 0 Å². The van der Waals surface area contributed by atoms with Crippen molar-refractivity contribution in [3.8, 4) is 11.1 Å². The molecule has 5 heteroatoms. The molecule has 2 aromatic carbocycles. The average molecular weight is 351 g/mol. The molecule has 1 aromatic heterocycles. The van der Waals surface area contributed by atoms with E-state index in [1.807, 2.05) is 12.1 Å². The fourth-order valence-electron chi connectivity index (χ4n) is 3.38. The van der Waals surface area contributed by atoms with Crippen molar-refractivity contribution in [2.75, 3.05) is 25.0 Å². The summed E-state index contributed by atoms with van der Waals surface area (Å²) < 4.78 is 27.1.